The lowest BCUT2D eigenvalue weighted by atomic mass is 10.0. The third kappa shape index (κ3) is 2.12. The molecule has 0 unspecified atom stereocenters. The number of furan rings is 1. The highest BCUT2D eigenvalue weighted by atomic mass is 35.5. The summed E-state index contributed by atoms with van der Waals surface area (Å²) in [5.74, 6) is 1.71. The highest BCUT2D eigenvalue weighted by Gasteiger charge is 2.17. The van der Waals surface area contributed by atoms with Crippen LogP contribution in [0.3, 0.4) is 0 Å². The van der Waals surface area contributed by atoms with Crippen molar-refractivity contribution in [1.82, 2.24) is 10.2 Å². The Bertz CT molecular complexity index is 748. The summed E-state index contributed by atoms with van der Waals surface area (Å²) in [5, 5.41) is 7.22. The first-order valence-electron chi connectivity index (χ1n) is 5.93. The SMILES string of the molecule is COc1cccc(-c2c(N)n[nH]c2-c2ccc(Cl)o2)c1. The summed E-state index contributed by atoms with van der Waals surface area (Å²) in [7, 11) is 1.62. The molecule has 0 aliphatic rings. The molecule has 3 aromatic rings. The topological polar surface area (TPSA) is 77.1 Å². The molecule has 5 nitrogen and oxygen atoms in total. The van der Waals surface area contributed by atoms with E-state index in [1.807, 2.05) is 24.3 Å². The number of hydrogen-bond donors (Lipinski definition) is 2. The number of rotatable bonds is 3. The van der Waals surface area contributed by atoms with Crippen molar-refractivity contribution >= 4 is 17.4 Å². The molecule has 2 heterocycles. The number of halogens is 1. The summed E-state index contributed by atoms with van der Waals surface area (Å²) in [4.78, 5) is 0. The number of anilines is 1. The number of aromatic nitrogens is 2. The summed E-state index contributed by atoms with van der Waals surface area (Å²) in [6, 6.07) is 11.0. The average molecular weight is 290 g/mol. The normalized spacial score (nSPS) is 10.7. The van der Waals surface area contributed by atoms with Gasteiger partial charge >= 0.3 is 0 Å². The van der Waals surface area contributed by atoms with E-state index in [2.05, 4.69) is 10.2 Å². The third-order valence-electron chi connectivity index (χ3n) is 2.97. The Kier molecular flexibility index (Phi) is 3.12. The second-order valence-electron chi connectivity index (χ2n) is 4.19. The first kappa shape index (κ1) is 12.6. The Morgan fingerprint density at radius 2 is 2.15 bits per heavy atom. The molecule has 0 amide bonds. The fourth-order valence-electron chi connectivity index (χ4n) is 2.05. The second kappa shape index (κ2) is 4.94. The molecule has 3 N–H and O–H groups in total. The van der Waals surface area contributed by atoms with Gasteiger partial charge in [-0.05, 0) is 41.4 Å². The van der Waals surface area contributed by atoms with E-state index >= 15 is 0 Å². The maximum absolute atomic E-state index is 5.95. The van der Waals surface area contributed by atoms with Gasteiger partial charge in [-0.3, -0.25) is 5.10 Å². The molecule has 20 heavy (non-hydrogen) atoms. The van der Waals surface area contributed by atoms with Crippen LogP contribution >= 0.6 is 11.6 Å². The molecule has 0 bridgehead atoms. The van der Waals surface area contributed by atoms with Gasteiger partial charge in [-0.2, -0.15) is 5.10 Å². The fourth-order valence-corrected chi connectivity index (χ4v) is 2.20. The lowest BCUT2D eigenvalue weighted by Gasteiger charge is -2.05. The summed E-state index contributed by atoms with van der Waals surface area (Å²) >= 11 is 5.81. The standard InChI is InChI=1S/C14H12ClN3O2/c1-19-9-4-2-3-8(7-9)12-13(17-18-14(12)16)10-5-6-11(15)20-10/h2-7H,1H3,(H3,16,17,18). The Morgan fingerprint density at radius 3 is 2.85 bits per heavy atom. The molecule has 3 rings (SSSR count). The van der Waals surface area contributed by atoms with Gasteiger partial charge < -0.3 is 14.9 Å². The van der Waals surface area contributed by atoms with Crippen molar-refractivity contribution < 1.29 is 9.15 Å². The number of nitrogens with zero attached hydrogens (tertiary/aromatic N) is 1. The predicted molar refractivity (Wildman–Crippen MR) is 77.7 cm³/mol. The molecule has 0 spiro atoms. The summed E-state index contributed by atoms with van der Waals surface area (Å²) < 4.78 is 10.6. The first-order valence-corrected chi connectivity index (χ1v) is 6.31. The maximum Gasteiger partial charge on any atom is 0.194 e. The van der Waals surface area contributed by atoms with E-state index in [9.17, 15) is 0 Å². The highest BCUT2D eigenvalue weighted by Crippen LogP contribution is 2.37. The summed E-state index contributed by atoms with van der Waals surface area (Å²) in [6.07, 6.45) is 0. The third-order valence-corrected chi connectivity index (χ3v) is 3.18. The molecule has 102 valence electrons. The maximum atomic E-state index is 5.95. The molecule has 0 radical (unpaired) electrons. The molecule has 6 heteroatoms. The molecule has 0 atom stereocenters. The van der Waals surface area contributed by atoms with Gasteiger partial charge in [0.2, 0.25) is 0 Å². The number of H-pyrrole nitrogens is 1. The van der Waals surface area contributed by atoms with Crippen LogP contribution in [0.2, 0.25) is 5.22 Å². The van der Waals surface area contributed by atoms with Crippen molar-refractivity contribution in [2.24, 2.45) is 0 Å². The van der Waals surface area contributed by atoms with E-state index in [1.165, 1.54) is 0 Å². The Morgan fingerprint density at radius 1 is 1.30 bits per heavy atom. The van der Waals surface area contributed by atoms with Gasteiger partial charge in [0.05, 0.1) is 12.7 Å². The van der Waals surface area contributed by atoms with Crippen LogP contribution in [-0.4, -0.2) is 17.3 Å². The highest BCUT2D eigenvalue weighted by molar-refractivity contribution is 6.29. The van der Waals surface area contributed by atoms with Crippen LogP contribution in [0.5, 0.6) is 5.75 Å². The first-order chi connectivity index (χ1) is 9.69. The fraction of sp³-hybridized carbons (Fsp3) is 0.0714. The van der Waals surface area contributed by atoms with Crippen molar-refractivity contribution in [3.8, 4) is 28.3 Å². The number of nitrogens with two attached hydrogens (primary N) is 1. The van der Waals surface area contributed by atoms with E-state index in [4.69, 9.17) is 26.5 Å². The van der Waals surface area contributed by atoms with Gasteiger partial charge in [-0.1, -0.05) is 12.1 Å². The number of benzene rings is 1. The van der Waals surface area contributed by atoms with Crippen molar-refractivity contribution in [3.05, 3.63) is 41.6 Å². The van der Waals surface area contributed by atoms with Crippen molar-refractivity contribution in [2.75, 3.05) is 12.8 Å². The molecule has 2 aromatic heterocycles. The molecule has 0 aliphatic heterocycles. The number of nitrogen functional groups attached to an aromatic ring is 1. The van der Waals surface area contributed by atoms with Crippen LogP contribution < -0.4 is 10.5 Å². The zero-order valence-corrected chi connectivity index (χ0v) is 11.4. The smallest absolute Gasteiger partial charge is 0.194 e. The minimum absolute atomic E-state index is 0.310. The van der Waals surface area contributed by atoms with E-state index in [0.717, 1.165) is 16.9 Å². The van der Waals surface area contributed by atoms with Gasteiger partial charge in [-0.15, -0.1) is 0 Å². The zero-order chi connectivity index (χ0) is 14.1. The molecule has 0 saturated heterocycles. The number of nitrogens with one attached hydrogen (secondary N) is 1. The van der Waals surface area contributed by atoms with E-state index in [-0.39, 0.29) is 0 Å². The van der Waals surface area contributed by atoms with Crippen LogP contribution in [-0.2, 0) is 0 Å². The van der Waals surface area contributed by atoms with Crippen LogP contribution in [0, 0.1) is 0 Å². The van der Waals surface area contributed by atoms with Crippen LogP contribution in [0.15, 0.2) is 40.8 Å². The molecule has 0 fully saturated rings. The van der Waals surface area contributed by atoms with Crippen molar-refractivity contribution in [2.45, 2.75) is 0 Å². The molecular weight excluding hydrogens is 278 g/mol. The number of methoxy groups -OCH3 is 1. The quantitative estimate of drug-likeness (QED) is 0.772. The monoisotopic (exact) mass is 289 g/mol. The van der Waals surface area contributed by atoms with Crippen molar-refractivity contribution in [3.63, 3.8) is 0 Å². The summed E-state index contributed by atoms with van der Waals surface area (Å²) in [6.45, 7) is 0. The number of aromatic amines is 1. The lowest BCUT2D eigenvalue weighted by Crippen LogP contribution is -1.89. The van der Waals surface area contributed by atoms with Crippen LogP contribution in [0.4, 0.5) is 5.82 Å². The second-order valence-corrected chi connectivity index (χ2v) is 4.57. The van der Waals surface area contributed by atoms with Crippen molar-refractivity contribution in [1.29, 1.82) is 0 Å². The minimum atomic E-state index is 0.310. The van der Waals surface area contributed by atoms with Crippen LogP contribution in [0.25, 0.3) is 22.6 Å². The Hall–Kier alpha value is -2.40. The molecular formula is C14H12ClN3O2. The average Bonchev–Trinajstić information content (AvgIpc) is 3.05. The minimum Gasteiger partial charge on any atom is -0.497 e. The van der Waals surface area contributed by atoms with Gasteiger partial charge in [0.25, 0.3) is 0 Å². The Labute approximate surface area is 120 Å². The Balaban J connectivity index is 2.15. The predicted octanol–water partition coefficient (Wildman–Crippen LogP) is 3.58. The van der Waals surface area contributed by atoms with Crippen LogP contribution in [0.1, 0.15) is 0 Å². The largest absolute Gasteiger partial charge is 0.497 e. The van der Waals surface area contributed by atoms with E-state index in [0.29, 0.717) is 22.5 Å². The van der Waals surface area contributed by atoms with E-state index in [1.54, 1.807) is 19.2 Å². The van der Waals surface area contributed by atoms with Gasteiger partial charge in [0, 0.05) is 0 Å². The molecule has 1 aromatic carbocycles. The lowest BCUT2D eigenvalue weighted by molar-refractivity contribution is 0.415. The van der Waals surface area contributed by atoms with Gasteiger partial charge in [0.15, 0.2) is 16.8 Å². The van der Waals surface area contributed by atoms with E-state index < -0.39 is 0 Å². The number of ether oxygens (including phenoxy) is 1. The van der Waals surface area contributed by atoms with Gasteiger partial charge in [0.1, 0.15) is 11.4 Å². The van der Waals surface area contributed by atoms with Gasteiger partial charge in [-0.25, -0.2) is 0 Å². The number of hydrogen-bond acceptors (Lipinski definition) is 4. The zero-order valence-electron chi connectivity index (χ0n) is 10.7. The molecule has 0 aliphatic carbocycles. The molecule has 0 saturated carbocycles. The summed E-state index contributed by atoms with van der Waals surface area (Å²) in [5.41, 5.74) is 8.28.